The molecule has 0 aromatic carbocycles. The van der Waals surface area contributed by atoms with Crippen molar-refractivity contribution in [2.75, 3.05) is 40.3 Å². The summed E-state index contributed by atoms with van der Waals surface area (Å²) in [5, 5.41) is 12.2. The third kappa shape index (κ3) is 4.27. The van der Waals surface area contributed by atoms with Gasteiger partial charge < -0.3 is 10.2 Å². The molecule has 0 aromatic rings. The van der Waals surface area contributed by atoms with Crippen molar-refractivity contribution in [3.8, 4) is 6.07 Å². The summed E-state index contributed by atoms with van der Waals surface area (Å²) < 4.78 is 0. The van der Waals surface area contributed by atoms with Crippen LogP contribution in [-0.4, -0.2) is 61.7 Å². The van der Waals surface area contributed by atoms with E-state index in [9.17, 15) is 0 Å². The Morgan fingerprint density at radius 2 is 2.18 bits per heavy atom. The van der Waals surface area contributed by atoms with Crippen LogP contribution in [-0.2, 0) is 0 Å². The van der Waals surface area contributed by atoms with Gasteiger partial charge in [0.25, 0.3) is 0 Å². The van der Waals surface area contributed by atoms with Crippen LogP contribution in [0.5, 0.6) is 0 Å². The van der Waals surface area contributed by atoms with Gasteiger partial charge in [0, 0.05) is 19.1 Å². The standard InChI is InChI=1S/C13H26N4/c1-12-10-16(4)7-5-8-17(12)9-6-13(2,11-14)15-3/h12,15H,5-10H2,1-4H3. The summed E-state index contributed by atoms with van der Waals surface area (Å²) in [5.41, 5.74) is -0.391. The summed E-state index contributed by atoms with van der Waals surface area (Å²) in [4.78, 5) is 4.91. The van der Waals surface area contributed by atoms with E-state index in [1.807, 2.05) is 14.0 Å². The van der Waals surface area contributed by atoms with Crippen molar-refractivity contribution in [3.63, 3.8) is 0 Å². The Morgan fingerprint density at radius 1 is 1.47 bits per heavy atom. The van der Waals surface area contributed by atoms with E-state index in [1.165, 1.54) is 13.0 Å². The van der Waals surface area contributed by atoms with Gasteiger partial charge in [-0.05, 0) is 53.9 Å². The second-order valence-corrected chi connectivity index (χ2v) is 5.44. The molecule has 4 heteroatoms. The Bertz CT molecular complexity index is 273. The summed E-state index contributed by atoms with van der Waals surface area (Å²) in [6, 6.07) is 2.94. The lowest BCUT2D eigenvalue weighted by molar-refractivity contribution is 0.188. The van der Waals surface area contributed by atoms with Crippen molar-refractivity contribution >= 4 is 0 Å². The normalized spacial score (nSPS) is 27.1. The Balaban J connectivity index is 2.48. The number of hydrogen-bond acceptors (Lipinski definition) is 4. The largest absolute Gasteiger partial charge is 0.305 e. The number of rotatable bonds is 4. The zero-order valence-electron chi connectivity index (χ0n) is 11.7. The molecule has 0 radical (unpaired) electrons. The molecule has 2 atom stereocenters. The first-order chi connectivity index (χ1) is 8.00. The minimum atomic E-state index is -0.391. The quantitative estimate of drug-likeness (QED) is 0.790. The van der Waals surface area contributed by atoms with Gasteiger partial charge in [-0.3, -0.25) is 4.90 Å². The molecule has 1 aliphatic rings. The average molecular weight is 238 g/mol. The molecule has 0 saturated carbocycles. The van der Waals surface area contributed by atoms with Crippen molar-refractivity contribution in [2.45, 2.75) is 38.3 Å². The van der Waals surface area contributed by atoms with Crippen LogP contribution in [0, 0.1) is 11.3 Å². The number of hydrogen-bond donors (Lipinski definition) is 1. The van der Waals surface area contributed by atoms with Crippen LogP contribution < -0.4 is 5.32 Å². The molecular formula is C13H26N4. The van der Waals surface area contributed by atoms with Gasteiger partial charge in [-0.25, -0.2) is 0 Å². The molecule has 0 aliphatic carbocycles. The molecule has 0 amide bonds. The zero-order chi connectivity index (χ0) is 12.9. The molecule has 0 spiro atoms. The molecule has 17 heavy (non-hydrogen) atoms. The van der Waals surface area contributed by atoms with Gasteiger partial charge in [0.15, 0.2) is 0 Å². The van der Waals surface area contributed by atoms with Gasteiger partial charge in [0.2, 0.25) is 0 Å². The summed E-state index contributed by atoms with van der Waals surface area (Å²) in [6.07, 6.45) is 2.11. The number of nitrogens with zero attached hydrogens (tertiary/aromatic N) is 3. The summed E-state index contributed by atoms with van der Waals surface area (Å²) >= 11 is 0. The van der Waals surface area contributed by atoms with Crippen molar-refractivity contribution in [1.29, 1.82) is 5.26 Å². The van der Waals surface area contributed by atoms with E-state index in [2.05, 4.69) is 35.2 Å². The van der Waals surface area contributed by atoms with Gasteiger partial charge in [-0.15, -0.1) is 0 Å². The minimum absolute atomic E-state index is 0.391. The Morgan fingerprint density at radius 3 is 2.76 bits per heavy atom. The van der Waals surface area contributed by atoms with Gasteiger partial charge in [-0.1, -0.05) is 0 Å². The maximum absolute atomic E-state index is 9.14. The van der Waals surface area contributed by atoms with Crippen LogP contribution in [0.15, 0.2) is 0 Å². The van der Waals surface area contributed by atoms with E-state index < -0.39 is 5.54 Å². The smallest absolute Gasteiger partial charge is 0.104 e. The third-order valence-electron chi connectivity index (χ3n) is 3.88. The fourth-order valence-electron chi connectivity index (χ4n) is 2.36. The Labute approximate surface area is 106 Å². The fourth-order valence-corrected chi connectivity index (χ4v) is 2.36. The van der Waals surface area contributed by atoms with Crippen LogP contribution in [0.2, 0.25) is 0 Å². The second kappa shape index (κ2) is 6.34. The van der Waals surface area contributed by atoms with Crippen molar-refractivity contribution < 1.29 is 0 Å². The number of nitriles is 1. The van der Waals surface area contributed by atoms with Crippen LogP contribution >= 0.6 is 0 Å². The molecule has 2 unspecified atom stereocenters. The SMILES string of the molecule is CNC(C)(C#N)CCN1CCCN(C)CC1C. The Kier molecular flexibility index (Phi) is 5.38. The molecule has 0 aromatic heterocycles. The second-order valence-electron chi connectivity index (χ2n) is 5.44. The monoisotopic (exact) mass is 238 g/mol. The summed E-state index contributed by atoms with van der Waals surface area (Å²) in [7, 11) is 4.05. The number of likely N-dealkylation sites (N-methyl/N-ethyl adjacent to an activating group) is 1. The molecule has 4 nitrogen and oxygen atoms in total. The van der Waals surface area contributed by atoms with Crippen molar-refractivity contribution in [2.24, 2.45) is 0 Å². The van der Waals surface area contributed by atoms with Gasteiger partial charge in [0.05, 0.1) is 6.07 Å². The first-order valence-electron chi connectivity index (χ1n) is 6.53. The molecule has 1 rings (SSSR count). The van der Waals surface area contributed by atoms with Gasteiger partial charge in [-0.2, -0.15) is 5.26 Å². The molecule has 1 heterocycles. The van der Waals surface area contributed by atoms with E-state index in [0.717, 1.165) is 26.1 Å². The highest BCUT2D eigenvalue weighted by atomic mass is 15.2. The van der Waals surface area contributed by atoms with Crippen molar-refractivity contribution in [1.82, 2.24) is 15.1 Å². The van der Waals surface area contributed by atoms with Crippen LogP contribution in [0.25, 0.3) is 0 Å². The molecule has 98 valence electrons. The first kappa shape index (κ1) is 14.4. The number of nitrogens with one attached hydrogen (secondary N) is 1. The lowest BCUT2D eigenvalue weighted by atomic mass is 9.99. The van der Waals surface area contributed by atoms with Crippen LogP contribution in [0.4, 0.5) is 0 Å². The maximum atomic E-state index is 9.14. The molecule has 1 fully saturated rings. The lowest BCUT2D eigenvalue weighted by Crippen LogP contribution is -2.44. The van der Waals surface area contributed by atoms with Gasteiger partial charge >= 0.3 is 0 Å². The molecular weight excluding hydrogens is 212 g/mol. The highest BCUT2D eigenvalue weighted by molar-refractivity contribution is 5.03. The molecule has 0 bridgehead atoms. The summed E-state index contributed by atoms with van der Waals surface area (Å²) in [6.45, 7) is 8.72. The van der Waals surface area contributed by atoms with E-state index in [1.54, 1.807) is 0 Å². The fraction of sp³-hybridized carbons (Fsp3) is 0.923. The van der Waals surface area contributed by atoms with E-state index in [4.69, 9.17) is 5.26 Å². The highest BCUT2D eigenvalue weighted by Crippen LogP contribution is 2.13. The van der Waals surface area contributed by atoms with E-state index in [0.29, 0.717) is 6.04 Å². The molecule has 1 aliphatic heterocycles. The average Bonchev–Trinajstić information content (AvgIpc) is 2.47. The van der Waals surface area contributed by atoms with Crippen molar-refractivity contribution in [3.05, 3.63) is 0 Å². The van der Waals surface area contributed by atoms with Gasteiger partial charge in [0.1, 0.15) is 5.54 Å². The maximum Gasteiger partial charge on any atom is 0.104 e. The minimum Gasteiger partial charge on any atom is -0.305 e. The zero-order valence-corrected chi connectivity index (χ0v) is 11.7. The van der Waals surface area contributed by atoms with E-state index >= 15 is 0 Å². The van der Waals surface area contributed by atoms with E-state index in [-0.39, 0.29) is 0 Å². The van der Waals surface area contributed by atoms with Crippen LogP contribution in [0.1, 0.15) is 26.7 Å². The summed E-state index contributed by atoms with van der Waals surface area (Å²) in [5.74, 6) is 0. The lowest BCUT2D eigenvalue weighted by Gasteiger charge is -2.30. The topological polar surface area (TPSA) is 42.3 Å². The third-order valence-corrected chi connectivity index (χ3v) is 3.88. The highest BCUT2D eigenvalue weighted by Gasteiger charge is 2.25. The predicted molar refractivity (Wildman–Crippen MR) is 70.8 cm³/mol. The Hall–Kier alpha value is -0.630. The molecule has 1 N–H and O–H groups in total. The van der Waals surface area contributed by atoms with Crippen LogP contribution in [0.3, 0.4) is 0 Å². The first-order valence-corrected chi connectivity index (χ1v) is 6.53. The predicted octanol–water partition coefficient (Wildman–Crippen LogP) is 0.904. The molecule has 1 saturated heterocycles.